The molecule has 24 heavy (non-hydrogen) atoms. The van der Waals surface area contributed by atoms with Gasteiger partial charge in [-0.2, -0.15) is 5.10 Å². The van der Waals surface area contributed by atoms with Gasteiger partial charge in [0.05, 0.1) is 22.9 Å². The van der Waals surface area contributed by atoms with Crippen molar-refractivity contribution in [2.75, 3.05) is 5.43 Å². The first kappa shape index (κ1) is 14.2. The van der Waals surface area contributed by atoms with E-state index in [1.807, 2.05) is 78.9 Å². The molecule has 0 radical (unpaired) electrons. The second-order valence-corrected chi connectivity index (χ2v) is 5.46. The number of para-hydroxylation sites is 3. The average molecular weight is 312 g/mol. The molecule has 0 aliphatic heterocycles. The van der Waals surface area contributed by atoms with Gasteiger partial charge in [-0.15, -0.1) is 0 Å². The first-order valence-corrected chi connectivity index (χ1v) is 7.78. The van der Waals surface area contributed by atoms with Crippen LogP contribution in [0.5, 0.6) is 0 Å². The van der Waals surface area contributed by atoms with Gasteiger partial charge in [0.15, 0.2) is 0 Å². The molecule has 0 aliphatic carbocycles. The predicted octanol–water partition coefficient (Wildman–Crippen LogP) is 4.68. The molecule has 4 heteroatoms. The summed E-state index contributed by atoms with van der Waals surface area (Å²) in [6.07, 6.45) is 1.80. The number of aromatic nitrogens is 2. The summed E-state index contributed by atoms with van der Waals surface area (Å²) in [5, 5.41) is 4.25. The Kier molecular flexibility index (Phi) is 3.78. The Bertz CT molecular complexity index is 936. The minimum absolute atomic E-state index is 0.877. The number of imidazole rings is 1. The van der Waals surface area contributed by atoms with Gasteiger partial charge in [-0.3, -0.25) is 5.43 Å². The predicted molar refractivity (Wildman–Crippen MR) is 99.2 cm³/mol. The highest BCUT2D eigenvalue weighted by molar-refractivity contribution is 5.82. The molecular weight excluding hydrogens is 296 g/mol. The number of fused-ring (bicyclic) bond motifs is 1. The first-order chi connectivity index (χ1) is 11.9. The molecule has 2 N–H and O–H groups in total. The van der Waals surface area contributed by atoms with Crippen molar-refractivity contribution in [1.82, 2.24) is 9.97 Å². The number of nitrogens with zero attached hydrogens (tertiary/aromatic N) is 2. The number of anilines is 1. The molecule has 4 aromatic rings. The molecular formula is C20H16N4. The van der Waals surface area contributed by atoms with E-state index in [0.717, 1.165) is 33.7 Å². The van der Waals surface area contributed by atoms with Crippen LogP contribution in [0.3, 0.4) is 0 Å². The molecule has 3 aromatic carbocycles. The normalized spacial score (nSPS) is 11.2. The summed E-state index contributed by atoms with van der Waals surface area (Å²) >= 11 is 0. The molecule has 1 heterocycles. The van der Waals surface area contributed by atoms with E-state index in [0.29, 0.717) is 0 Å². The molecule has 0 saturated carbocycles. The second kappa shape index (κ2) is 6.38. The van der Waals surface area contributed by atoms with Crippen molar-refractivity contribution in [2.24, 2.45) is 5.10 Å². The average Bonchev–Trinajstić information content (AvgIpc) is 3.07. The summed E-state index contributed by atoms with van der Waals surface area (Å²) in [5.74, 6) is 0.877. The summed E-state index contributed by atoms with van der Waals surface area (Å²) in [6, 6.07) is 26.0. The van der Waals surface area contributed by atoms with Gasteiger partial charge in [-0.25, -0.2) is 4.98 Å². The summed E-state index contributed by atoms with van der Waals surface area (Å²) in [4.78, 5) is 7.95. The molecule has 0 spiro atoms. The van der Waals surface area contributed by atoms with E-state index in [1.54, 1.807) is 6.21 Å². The van der Waals surface area contributed by atoms with Crippen molar-refractivity contribution in [3.8, 4) is 11.4 Å². The third-order valence-electron chi connectivity index (χ3n) is 3.75. The van der Waals surface area contributed by atoms with Crippen molar-refractivity contribution < 1.29 is 0 Å². The van der Waals surface area contributed by atoms with E-state index >= 15 is 0 Å². The molecule has 0 aliphatic rings. The zero-order chi connectivity index (χ0) is 16.2. The Morgan fingerprint density at radius 2 is 1.58 bits per heavy atom. The fraction of sp³-hybridized carbons (Fsp3) is 0. The van der Waals surface area contributed by atoms with Crippen LogP contribution >= 0.6 is 0 Å². The molecule has 1 aromatic heterocycles. The maximum atomic E-state index is 4.61. The van der Waals surface area contributed by atoms with Gasteiger partial charge in [-0.1, -0.05) is 54.6 Å². The molecule has 0 fully saturated rings. The number of rotatable bonds is 4. The SMILES string of the molecule is C(=NNc1ccccc1)c1ccc(-c2nc3ccccc3[nH]2)cc1. The van der Waals surface area contributed by atoms with Gasteiger partial charge < -0.3 is 4.98 Å². The highest BCUT2D eigenvalue weighted by Gasteiger charge is 2.04. The Morgan fingerprint density at radius 1 is 0.833 bits per heavy atom. The van der Waals surface area contributed by atoms with Gasteiger partial charge in [0.1, 0.15) is 5.82 Å². The monoisotopic (exact) mass is 312 g/mol. The van der Waals surface area contributed by atoms with E-state index in [2.05, 4.69) is 20.5 Å². The molecule has 0 unspecified atom stereocenters. The van der Waals surface area contributed by atoms with Crippen LogP contribution in [-0.4, -0.2) is 16.2 Å². The van der Waals surface area contributed by atoms with E-state index in [-0.39, 0.29) is 0 Å². The smallest absolute Gasteiger partial charge is 0.138 e. The lowest BCUT2D eigenvalue weighted by molar-refractivity contribution is 1.33. The van der Waals surface area contributed by atoms with E-state index < -0.39 is 0 Å². The van der Waals surface area contributed by atoms with Crippen molar-refractivity contribution in [3.05, 3.63) is 84.4 Å². The largest absolute Gasteiger partial charge is 0.338 e. The maximum Gasteiger partial charge on any atom is 0.138 e. The number of nitrogens with one attached hydrogen (secondary N) is 2. The van der Waals surface area contributed by atoms with Gasteiger partial charge in [-0.05, 0) is 29.8 Å². The van der Waals surface area contributed by atoms with Crippen LogP contribution < -0.4 is 5.43 Å². The number of hydrazone groups is 1. The molecule has 0 bridgehead atoms. The minimum Gasteiger partial charge on any atom is -0.338 e. The third kappa shape index (κ3) is 3.03. The van der Waals surface area contributed by atoms with Gasteiger partial charge in [0.25, 0.3) is 0 Å². The van der Waals surface area contributed by atoms with Crippen molar-refractivity contribution in [2.45, 2.75) is 0 Å². The van der Waals surface area contributed by atoms with E-state index in [9.17, 15) is 0 Å². The lowest BCUT2D eigenvalue weighted by Crippen LogP contribution is -1.90. The van der Waals surface area contributed by atoms with Crippen LogP contribution in [0.15, 0.2) is 84.0 Å². The number of H-pyrrole nitrogens is 1. The maximum absolute atomic E-state index is 4.61. The minimum atomic E-state index is 0.877. The van der Waals surface area contributed by atoms with Crippen LogP contribution in [0.4, 0.5) is 5.69 Å². The highest BCUT2D eigenvalue weighted by Crippen LogP contribution is 2.20. The van der Waals surface area contributed by atoms with Gasteiger partial charge >= 0.3 is 0 Å². The summed E-state index contributed by atoms with van der Waals surface area (Å²) < 4.78 is 0. The lowest BCUT2D eigenvalue weighted by atomic mass is 10.1. The van der Waals surface area contributed by atoms with Gasteiger partial charge in [0, 0.05) is 5.56 Å². The Morgan fingerprint density at radius 3 is 2.38 bits per heavy atom. The molecule has 0 amide bonds. The molecule has 0 atom stereocenters. The van der Waals surface area contributed by atoms with Crippen LogP contribution in [0.25, 0.3) is 22.4 Å². The zero-order valence-electron chi connectivity index (χ0n) is 13.0. The number of benzene rings is 3. The first-order valence-electron chi connectivity index (χ1n) is 7.78. The topological polar surface area (TPSA) is 53.1 Å². The summed E-state index contributed by atoms with van der Waals surface area (Å²) in [5.41, 5.74) is 8.08. The van der Waals surface area contributed by atoms with Crippen molar-refractivity contribution in [1.29, 1.82) is 0 Å². The van der Waals surface area contributed by atoms with Gasteiger partial charge in [0.2, 0.25) is 0 Å². The quantitative estimate of drug-likeness (QED) is 0.425. The number of hydrogen-bond donors (Lipinski definition) is 2. The fourth-order valence-corrected chi connectivity index (χ4v) is 2.51. The zero-order valence-corrected chi connectivity index (χ0v) is 13.0. The Labute approximate surface area is 139 Å². The molecule has 4 nitrogen and oxygen atoms in total. The Balaban J connectivity index is 1.50. The van der Waals surface area contributed by atoms with Crippen LogP contribution in [0.2, 0.25) is 0 Å². The fourth-order valence-electron chi connectivity index (χ4n) is 2.51. The van der Waals surface area contributed by atoms with Crippen LogP contribution in [-0.2, 0) is 0 Å². The van der Waals surface area contributed by atoms with Crippen LogP contribution in [0, 0.1) is 0 Å². The Hall–Kier alpha value is -3.40. The standard InChI is InChI=1S/C20H16N4/c1-2-6-17(7-3-1)24-21-14-15-10-12-16(13-11-15)20-22-18-8-4-5-9-19(18)23-20/h1-14,24H,(H,22,23). The molecule has 0 saturated heterocycles. The van der Waals surface area contributed by atoms with E-state index in [4.69, 9.17) is 0 Å². The number of hydrogen-bond acceptors (Lipinski definition) is 3. The summed E-state index contributed by atoms with van der Waals surface area (Å²) in [6.45, 7) is 0. The van der Waals surface area contributed by atoms with Crippen molar-refractivity contribution >= 4 is 22.9 Å². The second-order valence-electron chi connectivity index (χ2n) is 5.46. The van der Waals surface area contributed by atoms with Crippen LogP contribution in [0.1, 0.15) is 5.56 Å². The van der Waals surface area contributed by atoms with Crippen molar-refractivity contribution in [3.63, 3.8) is 0 Å². The number of aromatic amines is 1. The lowest BCUT2D eigenvalue weighted by Gasteiger charge is -2.00. The third-order valence-corrected chi connectivity index (χ3v) is 3.75. The highest BCUT2D eigenvalue weighted by atomic mass is 15.3. The molecule has 4 rings (SSSR count). The van der Waals surface area contributed by atoms with E-state index in [1.165, 1.54) is 0 Å². The molecule has 116 valence electrons. The summed E-state index contributed by atoms with van der Waals surface area (Å²) in [7, 11) is 0.